The summed E-state index contributed by atoms with van der Waals surface area (Å²) in [5.74, 6) is -0.676. The number of carboxylic acids is 1. The van der Waals surface area contributed by atoms with Crippen LogP contribution in [0.15, 0.2) is 47.0 Å². The Morgan fingerprint density at radius 3 is 2.88 bits per heavy atom. The highest BCUT2D eigenvalue weighted by atomic mass is 16.4. The zero-order valence-corrected chi connectivity index (χ0v) is 8.70. The van der Waals surface area contributed by atoms with Crippen LogP contribution in [0.5, 0.6) is 0 Å². The van der Waals surface area contributed by atoms with E-state index in [1.54, 1.807) is 16.8 Å². The quantitative estimate of drug-likeness (QED) is 0.730. The number of rotatable bonds is 2. The van der Waals surface area contributed by atoms with Crippen LogP contribution in [0.3, 0.4) is 0 Å². The monoisotopic (exact) mass is 228 g/mol. The van der Waals surface area contributed by atoms with E-state index in [9.17, 15) is 4.79 Å². The number of pyridine rings is 1. The Bertz CT molecular complexity index is 696. The number of nitrogens with zero attached hydrogens (tertiary/aromatic N) is 2. The van der Waals surface area contributed by atoms with E-state index in [4.69, 9.17) is 9.52 Å². The summed E-state index contributed by atoms with van der Waals surface area (Å²) in [5.41, 5.74) is 1.65. The Kier molecular flexibility index (Phi) is 1.98. The van der Waals surface area contributed by atoms with Crippen molar-refractivity contribution in [1.29, 1.82) is 0 Å². The van der Waals surface area contributed by atoms with Crippen molar-refractivity contribution in [3.63, 3.8) is 0 Å². The Morgan fingerprint density at radius 2 is 2.12 bits per heavy atom. The van der Waals surface area contributed by atoms with Crippen molar-refractivity contribution >= 4 is 11.5 Å². The Labute approximate surface area is 95.9 Å². The fourth-order valence-electron chi connectivity index (χ4n) is 1.73. The molecule has 1 N–H and O–H groups in total. The van der Waals surface area contributed by atoms with E-state index >= 15 is 0 Å². The lowest BCUT2D eigenvalue weighted by molar-refractivity contribution is 0.0663. The van der Waals surface area contributed by atoms with Crippen LogP contribution in [0.1, 0.15) is 10.6 Å². The average Bonchev–Trinajstić information content (AvgIpc) is 2.97. The predicted molar refractivity (Wildman–Crippen MR) is 59.9 cm³/mol. The van der Waals surface area contributed by atoms with Gasteiger partial charge >= 0.3 is 5.97 Å². The minimum atomic E-state index is -1.08. The molecule has 17 heavy (non-hydrogen) atoms. The maximum atomic E-state index is 10.7. The van der Waals surface area contributed by atoms with Crippen molar-refractivity contribution in [1.82, 2.24) is 9.61 Å². The summed E-state index contributed by atoms with van der Waals surface area (Å²) in [6, 6.07) is 10.5. The van der Waals surface area contributed by atoms with Gasteiger partial charge in [-0.3, -0.25) is 0 Å². The third-order valence-corrected chi connectivity index (χ3v) is 2.49. The normalized spacial score (nSPS) is 10.8. The summed E-state index contributed by atoms with van der Waals surface area (Å²) in [6.07, 6.45) is 1.68. The zero-order chi connectivity index (χ0) is 11.8. The second-order valence-corrected chi connectivity index (χ2v) is 3.55. The molecule has 0 aliphatic carbocycles. The highest BCUT2D eigenvalue weighted by molar-refractivity contribution is 5.85. The van der Waals surface area contributed by atoms with Gasteiger partial charge in [0.15, 0.2) is 5.76 Å². The number of furan rings is 1. The van der Waals surface area contributed by atoms with E-state index in [1.165, 1.54) is 6.07 Å². The smallest absolute Gasteiger partial charge is 0.371 e. The van der Waals surface area contributed by atoms with Gasteiger partial charge in [0.25, 0.3) is 0 Å². The zero-order valence-electron chi connectivity index (χ0n) is 8.70. The molecular formula is C12H8N2O3. The van der Waals surface area contributed by atoms with Crippen molar-refractivity contribution in [2.45, 2.75) is 0 Å². The average molecular weight is 228 g/mol. The molecule has 5 heteroatoms. The Hall–Kier alpha value is -2.56. The highest BCUT2D eigenvalue weighted by Gasteiger charge is 2.12. The SMILES string of the molecule is O=C(O)c1ccc(-c2cccc3ccnn23)o1. The lowest BCUT2D eigenvalue weighted by Crippen LogP contribution is -1.93. The van der Waals surface area contributed by atoms with Gasteiger partial charge in [0.1, 0.15) is 5.69 Å². The molecule has 0 aliphatic rings. The van der Waals surface area contributed by atoms with E-state index in [1.807, 2.05) is 24.3 Å². The number of hydrogen-bond donors (Lipinski definition) is 1. The molecule has 0 saturated carbocycles. The summed E-state index contributed by atoms with van der Waals surface area (Å²) < 4.78 is 6.95. The van der Waals surface area contributed by atoms with E-state index in [-0.39, 0.29) is 5.76 Å². The third kappa shape index (κ3) is 1.48. The van der Waals surface area contributed by atoms with Crippen LogP contribution in [0.4, 0.5) is 0 Å². The molecule has 0 aliphatic heterocycles. The van der Waals surface area contributed by atoms with Crippen molar-refractivity contribution in [2.24, 2.45) is 0 Å². The first kappa shape index (κ1) is 9.65. The fourth-order valence-corrected chi connectivity index (χ4v) is 1.73. The van der Waals surface area contributed by atoms with Crippen molar-refractivity contribution in [3.8, 4) is 11.5 Å². The number of aromatic carboxylic acids is 1. The molecule has 0 bridgehead atoms. The maximum Gasteiger partial charge on any atom is 0.371 e. The maximum absolute atomic E-state index is 10.7. The molecule has 84 valence electrons. The number of aromatic nitrogens is 2. The lowest BCUT2D eigenvalue weighted by Gasteiger charge is -2.00. The van der Waals surface area contributed by atoms with Gasteiger partial charge in [0.05, 0.1) is 11.7 Å². The lowest BCUT2D eigenvalue weighted by atomic mass is 10.3. The van der Waals surface area contributed by atoms with E-state index in [0.717, 1.165) is 11.2 Å². The molecule has 0 atom stereocenters. The summed E-state index contributed by atoms with van der Waals surface area (Å²) in [6.45, 7) is 0. The molecule has 0 amide bonds. The van der Waals surface area contributed by atoms with Gasteiger partial charge < -0.3 is 9.52 Å². The van der Waals surface area contributed by atoms with Crippen molar-refractivity contribution in [2.75, 3.05) is 0 Å². The molecule has 0 fully saturated rings. The van der Waals surface area contributed by atoms with Gasteiger partial charge in [0, 0.05) is 0 Å². The number of fused-ring (bicyclic) bond motifs is 1. The minimum Gasteiger partial charge on any atom is -0.475 e. The summed E-state index contributed by atoms with van der Waals surface area (Å²) >= 11 is 0. The molecular weight excluding hydrogens is 220 g/mol. The summed E-state index contributed by atoms with van der Waals surface area (Å²) in [7, 11) is 0. The van der Waals surface area contributed by atoms with Gasteiger partial charge in [0.2, 0.25) is 5.76 Å². The van der Waals surface area contributed by atoms with Crippen LogP contribution in [-0.2, 0) is 0 Å². The van der Waals surface area contributed by atoms with Gasteiger partial charge in [-0.05, 0) is 30.3 Å². The summed E-state index contributed by atoms with van der Waals surface area (Å²) in [4.78, 5) is 10.7. The summed E-state index contributed by atoms with van der Waals surface area (Å²) in [5, 5.41) is 13.0. The van der Waals surface area contributed by atoms with Gasteiger partial charge in [-0.15, -0.1) is 0 Å². The molecule has 5 nitrogen and oxygen atoms in total. The molecule has 3 heterocycles. The van der Waals surface area contributed by atoms with Crippen LogP contribution < -0.4 is 0 Å². The number of carbonyl (C=O) groups is 1. The van der Waals surface area contributed by atoms with Crippen LogP contribution in [0.2, 0.25) is 0 Å². The molecule has 3 aromatic heterocycles. The largest absolute Gasteiger partial charge is 0.475 e. The second-order valence-electron chi connectivity index (χ2n) is 3.55. The Balaban J connectivity index is 2.19. The van der Waals surface area contributed by atoms with E-state index < -0.39 is 5.97 Å². The first-order valence-corrected chi connectivity index (χ1v) is 5.02. The van der Waals surface area contributed by atoms with Crippen LogP contribution >= 0.6 is 0 Å². The van der Waals surface area contributed by atoms with Crippen molar-refractivity contribution < 1.29 is 14.3 Å². The molecule has 0 aromatic carbocycles. The molecule has 0 saturated heterocycles. The first-order chi connectivity index (χ1) is 8.25. The van der Waals surface area contributed by atoms with E-state index in [2.05, 4.69) is 5.10 Å². The highest BCUT2D eigenvalue weighted by Crippen LogP contribution is 2.22. The van der Waals surface area contributed by atoms with Crippen LogP contribution in [0.25, 0.3) is 17.0 Å². The predicted octanol–water partition coefficient (Wildman–Crippen LogP) is 2.29. The number of carboxylic acid groups (broad SMARTS) is 1. The standard InChI is InChI=1S/C12H8N2O3/c15-12(16)11-5-4-10(17-11)9-3-1-2-8-6-7-13-14(8)9/h1-7H,(H,15,16). The molecule has 0 radical (unpaired) electrons. The van der Waals surface area contributed by atoms with Gasteiger partial charge in [-0.25, -0.2) is 9.31 Å². The van der Waals surface area contributed by atoms with Gasteiger partial charge in [-0.2, -0.15) is 5.10 Å². The first-order valence-electron chi connectivity index (χ1n) is 5.02. The fraction of sp³-hybridized carbons (Fsp3) is 0. The molecule has 3 aromatic rings. The topological polar surface area (TPSA) is 67.7 Å². The molecule has 0 spiro atoms. The number of hydrogen-bond acceptors (Lipinski definition) is 3. The Morgan fingerprint density at radius 1 is 1.24 bits per heavy atom. The molecule has 3 rings (SSSR count). The van der Waals surface area contributed by atoms with E-state index in [0.29, 0.717) is 5.76 Å². The van der Waals surface area contributed by atoms with Crippen molar-refractivity contribution in [3.05, 3.63) is 48.4 Å². The van der Waals surface area contributed by atoms with Crippen LogP contribution in [-0.4, -0.2) is 20.7 Å². The third-order valence-electron chi connectivity index (χ3n) is 2.49. The molecule has 0 unspecified atom stereocenters. The second kappa shape index (κ2) is 3.48. The van der Waals surface area contributed by atoms with Gasteiger partial charge in [-0.1, -0.05) is 6.07 Å². The van der Waals surface area contributed by atoms with Crippen LogP contribution in [0, 0.1) is 0 Å². The minimum absolute atomic E-state index is 0.0795.